The zero-order valence-corrected chi connectivity index (χ0v) is 11.4. The molecule has 1 N–H and O–H groups in total. The Labute approximate surface area is 108 Å². The van der Waals surface area contributed by atoms with Crippen LogP contribution >= 0.6 is 0 Å². The second-order valence-electron chi connectivity index (χ2n) is 5.30. The zero-order valence-electron chi connectivity index (χ0n) is 11.4. The van der Waals surface area contributed by atoms with E-state index in [0.717, 1.165) is 6.54 Å². The predicted molar refractivity (Wildman–Crippen MR) is 77.4 cm³/mol. The maximum atomic E-state index is 4.90. The molecule has 0 radical (unpaired) electrons. The number of aryl methyl sites for hydroxylation is 2. The third-order valence-electron chi connectivity index (χ3n) is 3.89. The molecule has 1 aliphatic rings. The van der Waals surface area contributed by atoms with Crippen molar-refractivity contribution in [3.8, 4) is 0 Å². The smallest absolute Gasteiger partial charge is 0.0757 e. The standard InChI is InChI=1S/C16H20N2/c1-4-17-15-9-14(12-6-7-12)18-16-11(3)10(2)5-8-13(15)16/h5,8-9,12H,4,6-7H2,1-3H3,(H,17,18). The van der Waals surface area contributed by atoms with Gasteiger partial charge in [0.05, 0.1) is 5.52 Å². The third kappa shape index (κ3) is 1.86. The second-order valence-corrected chi connectivity index (χ2v) is 5.30. The number of nitrogens with one attached hydrogen (secondary N) is 1. The molecule has 1 fully saturated rings. The number of pyridine rings is 1. The first-order valence-electron chi connectivity index (χ1n) is 6.85. The Balaban J connectivity index is 2.26. The van der Waals surface area contributed by atoms with Gasteiger partial charge >= 0.3 is 0 Å². The van der Waals surface area contributed by atoms with E-state index in [2.05, 4.69) is 44.3 Å². The molecule has 1 aliphatic carbocycles. The van der Waals surface area contributed by atoms with Crippen molar-refractivity contribution in [2.24, 2.45) is 0 Å². The zero-order chi connectivity index (χ0) is 12.7. The minimum absolute atomic E-state index is 0.701. The molecule has 0 amide bonds. The fraction of sp³-hybridized carbons (Fsp3) is 0.438. The van der Waals surface area contributed by atoms with E-state index in [1.807, 2.05) is 0 Å². The van der Waals surface area contributed by atoms with Gasteiger partial charge < -0.3 is 5.32 Å². The first kappa shape index (κ1) is 11.5. The van der Waals surface area contributed by atoms with Crippen LogP contribution in [0.1, 0.15) is 42.5 Å². The average molecular weight is 240 g/mol. The van der Waals surface area contributed by atoms with E-state index in [1.165, 1.54) is 46.3 Å². The lowest BCUT2D eigenvalue weighted by Gasteiger charge is -2.13. The summed E-state index contributed by atoms with van der Waals surface area (Å²) in [6.07, 6.45) is 2.60. The number of hydrogen-bond acceptors (Lipinski definition) is 2. The molecule has 1 saturated carbocycles. The monoisotopic (exact) mass is 240 g/mol. The van der Waals surface area contributed by atoms with Crippen LogP contribution in [0.25, 0.3) is 10.9 Å². The van der Waals surface area contributed by atoms with E-state index < -0.39 is 0 Å². The minimum atomic E-state index is 0.701. The summed E-state index contributed by atoms with van der Waals surface area (Å²) >= 11 is 0. The lowest BCUT2D eigenvalue weighted by molar-refractivity contribution is 1.04. The highest BCUT2D eigenvalue weighted by atomic mass is 14.9. The van der Waals surface area contributed by atoms with Gasteiger partial charge in [-0.05, 0) is 50.8 Å². The fourth-order valence-corrected chi connectivity index (χ4v) is 2.47. The number of aromatic nitrogens is 1. The van der Waals surface area contributed by atoms with Gasteiger partial charge in [-0.25, -0.2) is 0 Å². The Hall–Kier alpha value is -1.57. The van der Waals surface area contributed by atoms with Gasteiger partial charge in [-0.15, -0.1) is 0 Å². The van der Waals surface area contributed by atoms with E-state index in [0.29, 0.717) is 5.92 Å². The summed E-state index contributed by atoms with van der Waals surface area (Å²) in [5.74, 6) is 0.701. The SMILES string of the molecule is CCNc1cc(C2CC2)nc2c(C)c(C)ccc12. The van der Waals surface area contributed by atoms with Crippen LogP contribution in [-0.2, 0) is 0 Å². The minimum Gasteiger partial charge on any atom is -0.385 e. The first-order chi connectivity index (χ1) is 8.70. The highest BCUT2D eigenvalue weighted by Gasteiger charge is 2.26. The molecule has 18 heavy (non-hydrogen) atoms. The van der Waals surface area contributed by atoms with Crippen molar-refractivity contribution in [3.05, 3.63) is 35.0 Å². The van der Waals surface area contributed by atoms with Gasteiger partial charge in [0, 0.05) is 29.2 Å². The van der Waals surface area contributed by atoms with Crippen LogP contribution in [0.2, 0.25) is 0 Å². The molecular formula is C16H20N2. The lowest BCUT2D eigenvalue weighted by Crippen LogP contribution is -2.01. The van der Waals surface area contributed by atoms with Crippen LogP contribution in [0.3, 0.4) is 0 Å². The molecule has 3 rings (SSSR count). The number of nitrogens with zero attached hydrogens (tertiary/aromatic N) is 1. The predicted octanol–water partition coefficient (Wildman–Crippen LogP) is 4.16. The van der Waals surface area contributed by atoms with Gasteiger partial charge in [-0.1, -0.05) is 12.1 Å². The molecule has 0 saturated heterocycles. The van der Waals surface area contributed by atoms with Crippen LogP contribution < -0.4 is 5.32 Å². The maximum absolute atomic E-state index is 4.90. The number of anilines is 1. The average Bonchev–Trinajstić information content (AvgIpc) is 3.18. The largest absolute Gasteiger partial charge is 0.385 e. The van der Waals surface area contributed by atoms with Crippen LogP contribution in [0.15, 0.2) is 18.2 Å². The highest BCUT2D eigenvalue weighted by Crippen LogP contribution is 2.41. The molecule has 0 unspecified atom stereocenters. The van der Waals surface area contributed by atoms with Crippen LogP contribution in [0, 0.1) is 13.8 Å². The number of benzene rings is 1. The van der Waals surface area contributed by atoms with Crippen molar-refractivity contribution in [1.82, 2.24) is 4.98 Å². The van der Waals surface area contributed by atoms with Crippen molar-refractivity contribution in [1.29, 1.82) is 0 Å². The quantitative estimate of drug-likeness (QED) is 0.871. The molecule has 2 aromatic rings. The fourth-order valence-electron chi connectivity index (χ4n) is 2.47. The molecular weight excluding hydrogens is 220 g/mol. The van der Waals surface area contributed by atoms with Crippen molar-refractivity contribution in [2.45, 2.75) is 39.5 Å². The van der Waals surface area contributed by atoms with E-state index in [9.17, 15) is 0 Å². The topological polar surface area (TPSA) is 24.9 Å². The number of hydrogen-bond donors (Lipinski definition) is 1. The third-order valence-corrected chi connectivity index (χ3v) is 3.89. The summed E-state index contributed by atoms with van der Waals surface area (Å²) < 4.78 is 0. The van der Waals surface area contributed by atoms with Crippen LogP contribution in [-0.4, -0.2) is 11.5 Å². The van der Waals surface area contributed by atoms with Gasteiger partial charge in [0.1, 0.15) is 0 Å². The van der Waals surface area contributed by atoms with Crippen LogP contribution in [0.4, 0.5) is 5.69 Å². The summed E-state index contributed by atoms with van der Waals surface area (Å²) in [6.45, 7) is 7.44. The molecule has 2 heteroatoms. The Kier molecular flexibility index (Phi) is 2.73. The Morgan fingerprint density at radius 1 is 1.28 bits per heavy atom. The van der Waals surface area contributed by atoms with Gasteiger partial charge in [-0.3, -0.25) is 4.98 Å². The Morgan fingerprint density at radius 2 is 2.06 bits per heavy atom. The Bertz CT molecular complexity index is 598. The summed E-state index contributed by atoms with van der Waals surface area (Å²) in [5, 5.41) is 4.73. The van der Waals surface area contributed by atoms with Gasteiger partial charge in [0.2, 0.25) is 0 Å². The van der Waals surface area contributed by atoms with E-state index in [1.54, 1.807) is 0 Å². The lowest BCUT2D eigenvalue weighted by atomic mass is 10.0. The molecule has 1 heterocycles. The van der Waals surface area contributed by atoms with Gasteiger partial charge in [-0.2, -0.15) is 0 Å². The molecule has 0 aliphatic heterocycles. The molecule has 1 aromatic heterocycles. The van der Waals surface area contributed by atoms with Crippen molar-refractivity contribution >= 4 is 16.6 Å². The molecule has 0 atom stereocenters. The van der Waals surface area contributed by atoms with Gasteiger partial charge in [0.25, 0.3) is 0 Å². The second kappa shape index (κ2) is 4.27. The number of rotatable bonds is 3. The van der Waals surface area contributed by atoms with E-state index in [4.69, 9.17) is 4.98 Å². The van der Waals surface area contributed by atoms with Crippen molar-refractivity contribution in [3.63, 3.8) is 0 Å². The van der Waals surface area contributed by atoms with Crippen molar-refractivity contribution < 1.29 is 0 Å². The summed E-state index contributed by atoms with van der Waals surface area (Å²) in [4.78, 5) is 4.90. The Morgan fingerprint density at radius 3 is 2.72 bits per heavy atom. The van der Waals surface area contributed by atoms with Crippen molar-refractivity contribution in [2.75, 3.05) is 11.9 Å². The molecule has 0 bridgehead atoms. The van der Waals surface area contributed by atoms with Crippen LogP contribution in [0.5, 0.6) is 0 Å². The summed E-state index contributed by atoms with van der Waals surface area (Å²) in [5.41, 5.74) is 6.33. The molecule has 2 nitrogen and oxygen atoms in total. The first-order valence-corrected chi connectivity index (χ1v) is 6.85. The number of fused-ring (bicyclic) bond motifs is 1. The highest BCUT2D eigenvalue weighted by molar-refractivity contribution is 5.94. The molecule has 1 aromatic carbocycles. The van der Waals surface area contributed by atoms with Gasteiger partial charge in [0.15, 0.2) is 0 Å². The van der Waals surface area contributed by atoms with E-state index in [-0.39, 0.29) is 0 Å². The maximum Gasteiger partial charge on any atom is 0.0757 e. The normalized spacial score (nSPS) is 15.1. The molecule has 94 valence electrons. The summed E-state index contributed by atoms with van der Waals surface area (Å²) in [6, 6.07) is 6.63. The summed E-state index contributed by atoms with van der Waals surface area (Å²) in [7, 11) is 0. The molecule has 0 spiro atoms. The van der Waals surface area contributed by atoms with E-state index >= 15 is 0 Å².